The lowest BCUT2D eigenvalue weighted by atomic mass is 9.89. The summed E-state index contributed by atoms with van der Waals surface area (Å²) in [5.74, 6) is 0. The first-order valence-corrected chi connectivity index (χ1v) is 10.9. The largest absolute Gasteiger partial charge is 0.361 e. The molecule has 0 N–H and O–H groups in total. The molecule has 2 rings (SSSR count). The van der Waals surface area contributed by atoms with E-state index in [2.05, 4.69) is 31.8 Å². The number of aromatic nitrogens is 2. The quantitative estimate of drug-likeness (QED) is 0.356. The summed E-state index contributed by atoms with van der Waals surface area (Å²) in [6.07, 6.45) is 16.9. The van der Waals surface area contributed by atoms with Crippen LogP contribution in [0.3, 0.4) is 0 Å². The summed E-state index contributed by atoms with van der Waals surface area (Å²) in [4.78, 5) is 4.36. The Morgan fingerprint density at radius 3 is 2.29 bits per heavy atom. The molecule has 2 aromatic heterocycles. The normalized spacial score (nSPS) is 11.8. The number of hydrogen-bond acceptors (Lipinski definition) is 3. The van der Waals surface area contributed by atoms with Crippen molar-refractivity contribution in [2.24, 2.45) is 5.41 Å². The van der Waals surface area contributed by atoms with Crippen LogP contribution in [0.25, 0.3) is 11.0 Å². The van der Waals surface area contributed by atoms with Gasteiger partial charge in [-0.3, -0.25) is 0 Å². The SMILES string of the molecule is CC(C)(C)CCCCCCCCCCCOCn1ccc2cc(C#N)cnc21. The Labute approximate surface area is 170 Å². The Morgan fingerprint density at radius 2 is 1.64 bits per heavy atom. The summed E-state index contributed by atoms with van der Waals surface area (Å²) in [5.41, 5.74) is 1.96. The molecule has 2 aromatic rings. The summed E-state index contributed by atoms with van der Waals surface area (Å²) < 4.78 is 7.80. The maximum absolute atomic E-state index is 8.94. The summed E-state index contributed by atoms with van der Waals surface area (Å²) in [5, 5.41) is 9.92. The van der Waals surface area contributed by atoms with E-state index in [1.54, 1.807) is 6.20 Å². The molecule has 4 nitrogen and oxygen atoms in total. The standard InChI is InChI=1S/C24H37N3O/c1-24(2,3)14-11-9-7-5-4-6-8-10-12-16-28-20-27-15-13-22-17-21(18-25)19-26-23(22)27/h13,15,17,19H,4-12,14,16,20H2,1-3H3. The zero-order valence-electron chi connectivity index (χ0n) is 18.0. The van der Waals surface area contributed by atoms with Crippen LogP contribution in [-0.4, -0.2) is 16.2 Å². The van der Waals surface area contributed by atoms with Crippen molar-refractivity contribution in [1.29, 1.82) is 5.26 Å². The van der Waals surface area contributed by atoms with Crippen LogP contribution >= 0.6 is 0 Å². The van der Waals surface area contributed by atoms with Gasteiger partial charge in [-0.1, -0.05) is 72.1 Å². The second kappa shape index (κ2) is 11.9. The van der Waals surface area contributed by atoms with Gasteiger partial charge < -0.3 is 9.30 Å². The molecule has 28 heavy (non-hydrogen) atoms. The molecule has 0 aromatic carbocycles. The molecule has 0 aliphatic heterocycles. The number of rotatable bonds is 13. The number of ether oxygens (including phenoxy) is 1. The zero-order valence-corrected chi connectivity index (χ0v) is 18.0. The minimum absolute atomic E-state index is 0.494. The van der Waals surface area contributed by atoms with Gasteiger partial charge in [0.1, 0.15) is 18.4 Å². The van der Waals surface area contributed by atoms with Crippen molar-refractivity contribution in [3.8, 4) is 6.07 Å². The number of nitrogens with zero attached hydrogens (tertiary/aromatic N) is 3. The van der Waals surface area contributed by atoms with E-state index in [-0.39, 0.29) is 0 Å². The van der Waals surface area contributed by atoms with Crippen LogP contribution in [-0.2, 0) is 11.5 Å². The summed E-state index contributed by atoms with van der Waals surface area (Å²) in [6.45, 7) is 8.32. The minimum atomic E-state index is 0.494. The fraction of sp³-hybridized carbons (Fsp3) is 0.667. The third-order valence-corrected chi connectivity index (χ3v) is 5.18. The predicted octanol–water partition coefficient (Wildman–Crippen LogP) is 6.83. The van der Waals surface area contributed by atoms with E-state index in [9.17, 15) is 0 Å². The van der Waals surface area contributed by atoms with E-state index >= 15 is 0 Å². The third kappa shape index (κ3) is 8.44. The van der Waals surface area contributed by atoms with Crippen molar-refractivity contribution >= 4 is 11.0 Å². The molecule has 0 aliphatic rings. The highest BCUT2D eigenvalue weighted by Crippen LogP contribution is 2.22. The van der Waals surface area contributed by atoms with Gasteiger partial charge >= 0.3 is 0 Å². The molecule has 2 heterocycles. The van der Waals surface area contributed by atoms with E-state index in [0.29, 0.717) is 17.7 Å². The highest BCUT2D eigenvalue weighted by atomic mass is 16.5. The lowest BCUT2D eigenvalue weighted by molar-refractivity contribution is 0.0763. The Kier molecular flexibility index (Phi) is 9.50. The maximum Gasteiger partial charge on any atom is 0.141 e. The smallest absolute Gasteiger partial charge is 0.141 e. The van der Waals surface area contributed by atoms with Crippen LogP contribution in [0.1, 0.15) is 90.5 Å². The first-order chi connectivity index (χ1) is 13.5. The lowest BCUT2D eigenvalue weighted by Gasteiger charge is -2.17. The lowest BCUT2D eigenvalue weighted by Crippen LogP contribution is -2.03. The molecule has 0 saturated heterocycles. The fourth-order valence-corrected chi connectivity index (χ4v) is 3.50. The van der Waals surface area contributed by atoms with Gasteiger partial charge in [0, 0.05) is 24.4 Å². The Balaban J connectivity index is 1.45. The predicted molar refractivity (Wildman–Crippen MR) is 116 cm³/mol. The number of nitriles is 1. The molecule has 0 unspecified atom stereocenters. The van der Waals surface area contributed by atoms with Crippen LogP contribution in [0.15, 0.2) is 24.5 Å². The van der Waals surface area contributed by atoms with Gasteiger partial charge in [0.2, 0.25) is 0 Å². The molecule has 0 spiro atoms. The molecule has 0 saturated carbocycles. The van der Waals surface area contributed by atoms with E-state index in [0.717, 1.165) is 24.1 Å². The van der Waals surface area contributed by atoms with E-state index in [4.69, 9.17) is 10.00 Å². The van der Waals surface area contributed by atoms with Crippen LogP contribution in [0, 0.1) is 16.7 Å². The van der Waals surface area contributed by atoms with E-state index in [1.807, 2.05) is 22.9 Å². The maximum atomic E-state index is 8.94. The average molecular weight is 384 g/mol. The second-order valence-corrected chi connectivity index (χ2v) is 9.06. The van der Waals surface area contributed by atoms with E-state index < -0.39 is 0 Å². The minimum Gasteiger partial charge on any atom is -0.361 e. The van der Waals surface area contributed by atoms with Gasteiger partial charge in [0.05, 0.1) is 5.56 Å². The van der Waals surface area contributed by atoms with Crippen molar-refractivity contribution in [1.82, 2.24) is 9.55 Å². The number of unbranched alkanes of at least 4 members (excludes halogenated alkanes) is 8. The van der Waals surface area contributed by atoms with Crippen LogP contribution in [0.4, 0.5) is 0 Å². The van der Waals surface area contributed by atoms with Gasteiger partial charge in [-0.2, -0.15) is 5.26 Å². The molecule has 0 radical (unpaired) electrons. The third-order valence-electron chi connectivity index (χ3n) is 5.18. The van der Waals surface area contributed by atoms with Gasteiger partial charge in [-0.25, -0.2) is 4.98 Å². The van der Waals surface area contributed by atoms with Crippen molar-refractivity contribution in [3.05, 3.63) is 30.1 Å². The van der Waals surface area contributed by atoms with Crippen molar-refractivity contribution in [2.45, 2.75) is 91.7 Å². The molecular formula is C24H37N3O. The monoisotopic (exact) mass is 383 g/mol. The van der Waals surface area contributed by atoms with Gasteiger partial charge in [-0.05, 0) is 30.4 Å². The molecular weight excluding hydrogens is 346 g/mol. The Bertz CT molecular complexity index is 736. The van der Waals surface area contributed by atoms with E-state index in [1.165, 1.54) is 57.8 Å². The van der Waals surface area contributed by atoms with Crippen LogP contribution in [0.5, 0.6) is 0 Å². The van der Waals surface area contributed by atoms with Crippen molar-refractivity contribution < 1.29 is 4.74 Å². The summed E-state index contributed by atoms with van der Waals surface area (Å²) >= 11 is 0. The van der Waals surface area contributed by atoms with Gasteiger partial charge in [-0.15, -0.1) is 0 Å². The first kappa shape index (κ1) is 22.4. The first-order valence-electron chi connectivity index (χ1n) is 10.9. The van der Waals surface area contributed by atoms with Gasteiger partial charge in [0.25, 0.3) is 0 Å². The van der Waals surface area contributed by atoms with Crippen molar-refractivity contribution in [2.75, 3.05) is 6.61 Å². The molecule has 0 amide bonds. The molecule has 0 aliphatic carbocycles. The van der Waals surface area contributed by atoms with Crippen LogP contribution in [0.2, 0.25) is 0 Å². The molecule has 0 atom stereocenters. The topological polar surface area (TPSA) is 50.8 Å². The van der Waals surface area contributed by atoms with Crippen molar-refractivity contribution in [3.63, 3.8) is 0 Å². The average Bonchev–Trinajstić information content (AvgIpc) is 3.06. The Morgan fingerprint density at radius 1 is 1.00 bits per heavy atom. The molecule has 4 heteroatoms. The zero-order chi connectivity index (χ0) is 20.2. The number of pyridine rings is 1. The highest BCUT2D eigenvalue weighted by Gasteiger charge is 2.08. The van der Waals surface area contributed by atoms with Crippen LogP contribution < -0.4 is 0 Å². The summed E-state index contributed by atoms with van der Waals surface area (Å²) in [6, 6.07) is 5.97. The number of fused-ring (bicyclic) bond motifs is 1. The Hall–Kier alpha value is -1.86. The van der Waals surface area contributed by atoms with Gasteiger partial charge in [0.15, 0.2) is 0 Å². The number of hydrogen-bond donors (Lipinski definition) is 0. The molecule has 154 valence electrons. The molecule has 0 fully saturated rings. The second-order valence-electron chi connectivity index (χ2n) is 9.06. The summed E-state index contributed by atoms with van der Waals surface area (Å²) in [7, 11) is 0. The molecule has 0 bridgehead atoms. The highest BCUT2D eigenvalue weighted by molar-refractivity contribution is 5.77. The fourth-order valence-electron chi connectivity index (χ4n) is 3.50.